The molecule has 2 N–H and O–H groups in total. The maximum atomic E-state index is 13.6. The van der Waals surface area contributed by atoms with Crippen molar-refractivity contribution in [1.82, 2.24) is 40.0 Å². The molecular formula is C36H44N8O4. The Labute approximate surface area is 281 Å². The normalized spacial score (nSPS) is 18.2. The summed E-state index contributed by atoms with van der Waals surface area (Å²) in [6.45, 7) is 2.67. The molecule has 2 aliphatic rings. The summed E-state index contributed by atoms with van der Waals surface area (Å²) in [6.07, 6.45) is 7.38. The largest absolute Gasteiger partial charge is 0.494 e. The van der Waals surface area contributed by atoms with Crippen LogP contribution in [0.1, 0.15) is 52.1 Å². The number of aromatic nitrogens is 4. The van der Waals surface area contributed by atoms with Crippen LogP contribution in [0.25, 0.3) is 5.69 Å². The van der Waals surface area contributed by atoms with Gasteiger partial charge in [0.25, 0.3) is 5.91 Å². The van der Waals surface area contributed by atoms with Crippen LogP contribution < -0.4 is 15.4 Å². The standard InChI is InChI=1S/C36H44N8O4/c1-41-30-15-14-28-21-29(30)35(40-41)36(47)37-17-20-42(23-27-22-38-44(24-27)31-11-6-7-12-32(31)48-2)18-8-13-34(46)43(25-33(45)39-28)19-16-26-9-4-3-5-10-26/h3-7,9-12,22,24,28H,8,13-21,23,25H2,1-2H3,(H,37,47)(H,39,45). The minimum absolute atomic E-state index is 0.00124. The molecule has 1 aliphatic heterocycles. The Bertz CT molecular complexity index is 1730. The van der Waals surface area contributed by atoms with Crippen LogP contribution in [0.3, 0.4) is 0 Å². The van der Waals surface area contributed by atoms with E-state index in [1.54, 1.807) is 21.4 Å². The van der Waals surface area contributed by atoms with E-state index in [0.29, 0.717) is 70.5 Å². The number of amides is 3. The van der Waals surface area contributed by atoms with Gasteiger partial charge in [-0.2, -0.15) is 10.2 Å². The number of hydrogen-bond acceptors (Lipinski definition) is 7. The van der Waals surface area contributed by atoms with Gasteiger partial charge < -0.3 is 20.3 Å². The van der Waals surface area contributed by atoms with Gasteiger partial charge in [0, 0.05) is 68.7 Å². The highest BCUT2D eigenvalue weighted by Crippen LogP contribution is 2.25. The van der Waals surface area contributed by atoms with Crippen LogP contribution in [-0.4, -0.2) is 93.0 Å². The number of nitrogens with one attached hydrogen (secondary N) is 2. The highest BCUT2D eigenvalue weighted by atomic mass is 16.5. The molecule has 12 heteroatoms. The SMILES string of the molecule is COc1ccccc1-n1cc(CN2CCCC(=O)N(CCc3ccccc3)CC(=O)NC3CCc4c(c(nn4C)C(=O)NCC2)C3)cn1. The van der Waals surface area contributed by atoms with E-state index in [-0.39, 0.29) is 30.3 Å². The van der Waals surface area contributed by atoms with Crippen molar-refractivity contribution in [2.75, 3.05) is 39.8 Å². The number of para-hydroxylation sites is 2. The number of carbonyl (C=O) groups is 3. The number of methoxy groups -OCH3 is 1. The molecule has 0 spiro atoms. The van der Waals surface area contributed by atoms with Crippen molar-refractivity contribution in [3.05, 3.63) is 95.1 Å². The van der Waals surface area contributed by atoms with Crippen LogP contribution in [0.2, 0.25) is 0 Å². The summed E-state index contributed by atoms with van der Waals surface area (Å²) in [5.41, 5.74) is 5.28. The van der Waals surface area contributed by atoms with Crippen molar-refractivity contribution in [1.29, 1.82) is 0 Å². The molecule has 0 saturated carbocycles. The number of carbonyl (C=O) groups excluding carboxylic acids is 3. The predicted molar refractivity (Wildman–Crippen MR) is 181 cm³/mol. The van der Waals surface area contributed by atoms with Gasteiger partial charge in [-0.25, -0.2) is 4.68 Å². The Morgan fingerprint density at radius 1 is 0.979 bits per heavy atom. The molecule has 48 heavy (non-hydrogen) atoms. The third-order valence-corrected chi connectivity index (χ3v) is 9.19. The first-order chi connectivity index (χ1) is 23.4. The van der Waals surface area contributed by atoms with Crippen molar-refractivity contribution < 1.29 is 19.1 Å². The molecule has 12 nitrogen and oxygen atoms in total. The highest BCUT2D eigenvalue weighted by molar-refractivity contribution is 5.94. The quantitative estimate of drug-likeness (QED) is 0.315. The first-order valence-corrected chi connectivity index (χ1v) is 16.7. The summed E-state index contributed by atoms with van der Waals surface area (Å²) < 4.78 is 9.11. The molecule has 1 aliphatic carbocycles. The van der Waals surface area contributed by atoms with Crippen molar-refractivity contribution >= 4 is 17.7 Å². The maximum absolute atomic E-state index is 13.6. The van der Waals surface area contributed by atoms with Gasteiger partial charge in [-0.15, -0.1) is 0 Å². The first kappa shape index (κ1) is 33.0. The van der Waals surface area contributed by atoms with E-state index in [1.807, 2.05) is 74.0 Å². The molecule has 1 unspecified atom stereocenters. The van der Waals surface area contributed by atoms with E-state index < -0.39 is 0 Å². The number of fused-ring (bicyclic) bond motifs is 1. The fraction of sp³-hybridized carbons (Fsp3) is 0.417. The summed E-state index contributed by atoms with van der Waals surface area (Å²) in [7, 11) is 3.50. The van der Waals surface area contributed by atoms with Crippen LogP contribution in [-0.2, 0) is 42.4 Å². The Hall–Kier alpha value is -4.97. The van der Waals surface area contributed by atoms with Gasteiger partial charge in [-0.05, 0) is 56.3 Å². The summed E-state index contributed by atoms with van der Waals surface area (Å²) in [5.74, 6) is 0.290. The second kappa shape index (κ2) is 15.3. The molecular weight excluding hydrogens is 608 g/mol. The fourth-order valence-electron chi connectivity index (χ4n) is 6.69. The Kier molecular flexibility index (Phi) is 10.5. The number of benzene rings is 2. The maximum Gasteiger partial charge on any atom is 0.272 e. The number of aryl methyl sites for hydroxylation is 1. The molecule has 0 radical (unpaired) electrons. The van der Waals surface area contributed by atoms with Gasteiger partial charge in [0.1, 0.15) is 11.4 Å². The van der Waals surface area contributed by atoms with Crippen LogP contribution in [0.5, 0.6) is 5.75 Å². The van der Waals surface area contributed by atoms with Crippen molar-refractivity contribution in [3.8, 4) is 11.4 Å². The molecule has 0 fully saturated rings. The molecule has 0 saturated heterocycles. The Morgan fingerprint density at radius 2 is 1.79 bits per heavy atom. The summed E-state index contributed by atoms with van der Waals surface area (Å²) in [6, 6.07) is 17.6. The average Bonchev–Trinajstić information content (AvgIpc) is 3.70. The van der Waals surface area contributed by atoms with E-state index in [1.165, 1.54) is 0 Å². The van der Waals surface area contributed by atoms with E-state index in [2.05, 4.69) is 25.7 Å². The van der Waals surface area contributed by atoms with Gasteiger partial charge in [0.2, 0.25) is 11.8 Å². The van der Waals surface area contributed by atoms with E-state index >= 15 is 0 Å². The average molecular weight is 653 g/mol. The highest BCUT2D eigenvalue weighted by Gasteiger charge is 2.30. The molecule has 3 amide bonds. The van der Waals surface area contributed by atoms with Crippen LogP contribution >= 0.6 is 0 Å². The fourth-order valence-corrected chi connectivity index (χ4v) is 6.69. The van der Waals surface area contributed by atoms with Crippen LogP contribution in [0, 0.1) is 0 Å². The topological polar surface area (TPSA) is 127 Å². The molecule has 2 aromatic carbocycles. The molecule has 252 valence electrons. The zero-order valence-corrected chi connectivity index (χ0v) is 27.7. The molecule has 2 bridgehead atoms. The Morgan fingerprint density at radius 3 is 2.62 bits per heavy atom. The number of ether oxygens (including phenoxy) is 1. The summed E-state index contributed by atoms with van der Waals surface area (Å²) in [5, 5.41) is 15.4. The van der Waals surface area contributed by atoms with Gasteiger partial charge in [-0.1, -0.05) is 42.5 Å². The lowest BCUT2D eigenvalue weighted by atomic mass is 9.91. The number of hydrogen-bond donors (Lipinski definition) is 2. The third-order valence-electron chi connectivity index (χ3n) is 9.19. The van der Waals surface area contributed by atoms with Crippen molar-refractivity contribution in [3.63, 3.8) is 0 Å². The predicted octanol–water partition coefficient (Wildman–Crippen LogP) is 2.69. The van der Waals surface area contributed by atoms with E-state index in [9.17, 15) is 14.4 Å². The zero-order valence-electron chi connectivity index (χ0n) is 27.7. The lowest BCUT2D eigenvalue weighted by molar-refractivity contribution is -0.136. The van der Waals surface area contributed by atoms with E-state index in [0.717, 1.165) is 40.2 Å². The third kappa shape index (κ3) is 7.93. The summed E-state index contributed by atoms with van der Waals surface area (Å²) >= 11 is 0. The second-order valence-electron chi connectivity index (χ2n) is 12.6. The monoisotopic (exact) mass is 652 g/mol. The molecule has 6 rings (SSSR count). The van der Waals surface area contributed by atoms with Gasteiger partial charge in [-0.3, -0.25) is 24.0 Å². The molecule has 3 heterocycles. The van der Waals surface area contributed by atoms with Gasteiger partial charge in [0.05, 0.1) is 19.9 Å². The minimum atomic E-state index is -0.214. The van der Waals surface area contributed by atoms with Crippen molar-refractivity contribution in [2.24, 2.45) is 7.05 Å². The van der Waals surface area contributed by atoms with Crippen LogP contribution in [0.15, 0.2) is 67.0 Å². The molecule has 1 atom stereocenters. The smallest absolute Gasteiger partial charge is 0.272 e. The van der Waals surface area contributed by atoms with E-state index in [4.69, 9.17) is 4.74 Å². The van der Waals surface area contributed by atoms with Gasteiger partial charge >= 0.3 is 0 Å². The second-order valence-corrected chi connectivity index (χ2v) is 12.6. The minimum Gasteiger partial charge on any atom is -0.494 e. The number of nitrogens with zero attached hydrogens (tertiary/aromatic N) is 6. The Balaban J connectivity index is 1.21. The number of rotatable bonds is 7. The lowest BCUT2D eigenvalue weighted by Crippen LogP contribution is -2.46. The zero-order chi connectivity index (χ0) is 33.5. The first-order valence-electron chi connectivity index (χ1n) is 16.7. The van der Waals surface area contributed by atoms with Crippen LogP contribution in [0.4, 0.5) is 0 Å². The van der Waals surface area contributed by atoms with Crippen molar-refractivity contribution in [2.45, 2.75) is 51.1 Å². The summed E-state index contributed by atoms with van der Waals surface area (Å²) in [4.78, 5) is 44.3. The molecule has 4 aromatic rings. The lowest BCUT2D eigenvalue weighted by Gasteiger charge is -2.27. The van der Waals surface area contributed by atoms with Gasteiger partial charge in [0.15, 0.2) is 5.69 Å². The molecule has 2 aromatic heterocycles.